The Morgan fingerprint density at radius 1 is 1.14 bits per heavy atom. The maximum absolute atomic E-state index is 13.4. The van der Waals surface area contributed by atoms with Crippen LogP contribution in [0.3, 0.4) is 0 Å². The highest BCUT2D eigenvalue weighted by atomic mass is 16.2. The second-order valence-electron chi connectivity index (χ2n) is 7.39. The van der Waals surface area contributed by atoms with E-state index in [4.69, 9.17) is 4.11 Å². The largest absolute Gasteiger partial charge is 0.333 e. The van der Waals surface area contributed by atoms with E-state index in [-0.39, 0.29) is 36.0 Å². The topological polar surface area (TPSA) is 23.6 Å². The van der Waals surface area contributed by atoms with Crippen molar-refractivity contribution in [1.82, 2.24) is 9.80 Å². The zero-order chi connectivity index (χ0) is 17.3. The van der Waals surface area contributed by atoms with Crippen LogP contribution in [-0.2, 0) is 6.42 Å². The Bertz CT molecular complexity index is 758. The Balaban J connectivity index is 1.61. The van der Waals surface area contributed by atoms with Crippen LogP contribution in [0, 0.1) is 5.92 Å². The molecule has 5 aliphatic rings. The summed E-state index contributed by atoms with van der Waals surface area (Å²) in [4.78, 5) is 17.9. The molecular formula is C19H24N2O. The number of hydrogen-bond acceptors (Lipinski definition) is 2. The molecule has 0 unspecified atom stereocenters. The molecule has 4 aliphatic heterocycles. The second kappa shape index (κ2) is 4.82. The fourth-order valence-electron chi connectivity index (χ4n) is 5.16. The minimum Gasteiger partial charge on any atom is -0.333 e. The van der Waals surface area contributed by atoms with Gasteiger partial charge < -0.3 is 9.80 Å². The molecule has 0 aromatic heterocycles. The highest BCUT2D eigenvalue weighted by Crippen LogP contribution is 2.41. The van der Waals surface area contributed by atoms with E-state index in [0.717, 1.165) is 56.6 Å². The first-order chi connectivity index (χ1) is 12.1. The minimum atomic E-state index is -0.0708. The summed E-state index contributed by atoms with van der Waals surface area (Å²) in [5.41, 5.74) is 2.26. The molecule has 3 heteroatoms. The van der Waals surface area contributed by atoms with Gasteiger partial charge in [-0.1, -0.05) is 12.1 Å². The standard InChI is InChI=1S/C19H24N2O/c22-19-16-6-2-4-14-3-1-5-15(18(14)16)11-21(19)17-12-20-9-7-13(17)8-10-20/h2,4,6,13,15,17H,1,3,5,7-12H2/t15-,17-/m1/s1/i2D,4D,6D. The third-order valence-corrected chi connectivity index (χ3v) is 6.30. The quantitative estimate of drug-likeness (QED) is 0.796. The van der Waals surface area contributed by atoms with Crippen molar-refractivity contribution in [3.8, 4) is 0 Å². The summed E-state index contributed by atoms with van der Waals surface area (Å²) in [6, 6.07) is 0.348. The van der Waals surface area contributed by atoms with E-state index in [0.29, 0.717) is 11.5 Å². The van der Waals surface area contributed by atoms with Crippen LogP contribution in [0.15, 0.2) is 18.1 Å². The predicted molar refractivity (Wildman–Crippen MR) is 86.1 cm³/mol. The minimum absolute atomic E-state index is 0.0216. The van der Waals surface area contributed by atoms with Crippen molar-refractivity contribution in [2.24, 2.45) is 5.92 Å². The molecule has 0 spiro atoms. The summed E-state index contributed by atoms with van der Waals surface area (Å²) in [5.74, 6) is 0.783. The van der Waals surface area contributed by atoms with E-state index >= 15 is 0 Å². The van der Waals surface area contributed by atoms with Gasteiger partial charge >= 0.3 is 0 Å². The summed E-state index contributed by atoms with van der Waals surface area (Å²) < 4.78 is 24.8. The number of hydrogen-bond donors (Lipinski definition) is 0. The summed E-state index contributed by atoms with van der Waals surface area (Å²) in [6.45, 7) is 4.00. The van der Waals surface area contributed by atoms with Crippen molar-refractivity contribution in [2.45, 2.75) is 44.1 Å². The van der Waals surface area contributed by atoms with Crippen LogP contribution in [0.2, 0.25) is 0 Å². The fraction of sp³-hybridized carbons (Fsp3) is 0.632. The molecule has 116 valence electrons. The third kappa shape index (κ3) is 1.81. The van der Waals surface area contributed by atoms with Crippen molar-refractivity contribution in [2.75, 3.05) is 26.2 Å². The van der Waals surface area contributed by atoms with Gasteiger partial charge in [-0.2, -0.15) is 0 Å². The Labute approximate surface area is 136 Å². The van der Waals surface area contributed by atoms with Gasteiger partial charge in [0.2, 0.25) is 0 Å². The Kier molecular flexibility index (Phi) is 2.29. The van der Waals surface area contributed by atoms with Crippen LogP contribution in [-0.4, -0.2) is 47.9 Å². The maximum atomic E-state index is 13.4. The number of rotatable bonds is 1. The molecule has 0 N–H and O–H groups in total. The molecular weight excluding hydrogens is 272 g/mol. The summed E-state index contributed by atoms with van der Waals surface area (Å²) in [6.07, 6.45) is 5.15. The number of nitrogens with zero attached hydrogens (tertiary/aromatic N) is 2. The lowest BCUT2D eigenvalue weighted by Crippen LogP contribution is -2.60. The van der Waals surface area contributed by atoms with E-state index in [1.807, 2.05) is 4.90 Å². The normalized spacial score (nSPS) is 38.3. The Hall–Kier alpha value is -1.35. The molecule has 0 radical (unpaired) electrons. The molecule has 1 aromatic carbocycles. The lowest BCUT2D eigenvalue weighted by Gasteiger charge is -2.51. The molecule has 0 saturated carbocycles. The van der Waals surface area contributed by atoms with Gasteiger partial charge in [-0.25, -0.2) is 0 Å². The van der Waals surface area contributed by atoms with Crippen LogP contribution in [0.25, 0.3) is 0 Å². The van der Waals surface area contributed by atoms with E-state index in [1.165, 1.54) is 12.8 Å². The average Bonchev–Trinajstić information content (AvgIpc) is 2.65. The molecule has 1 amide bonds. The van der Waals surface area contributed by atoms with Gasteiger partial charge in [-0.3, -0.25) is 4.79 Å². The van der Waals surface area contributed by atoms with E-state index in [2.05, 4.69) is 4.90 Å². The van der Waals surface area contributed by atoms with Crippen LogP contribution in [0.5, 0.6) is 0 Å². The number of benzene rings is 1. The molecule has 3 saturated heterocycles. The number of piperidine rings is 3. The van der Waals surface area contributed by atoms with Gasteiger partial charge in [0.25, 0.3) is 5.91 Å². The first kappa shape index (κ1) is 10.4. The van der Waals surface area contributed by atoms with Crippen molar-refractivity contribution < 1.29 is 8.91 Å². The molecule has 1 aromatic rings. The Morgan fingerprint density at radius 3 is 2.77 bits per heavy atom. The summed E-state index contributed by atoms with van der Waals surface area (Å²) >= 11 is 0. The highest BCUT2D eigenvalue weighted by Gasteiger charge is 2.43. The Morgan fingerprint density at radius 2 is 2.00 bits per heavy atom. The van der Waals surface area contributed by atoms with Gasteiger partial charge in [-0.15, -0.1) is 0 Å². The molecule has 3 nitrogen and oxygen atoms in total. The molecule has 2 bridgehead atoms. The monoisotopic (exact) mass is 299 g/mol. The SMILES string of the molecule is [2H]c1c([2H])c2c3c(c1[2H])C(=O)N([C@@H]1CN4CCC1CC4)C[C@H]3CCC2. The van der Waals surface area contributed by atoms with Crippen molar-refractivity contribution in [3.05, 3.63) is 34.8 Å². The molecule has 22 heavy (non-hydrogen) atoms. The van der Waals surface area contributed by atoms with Crippen LogP contribution >= 0.6 is 0 Å². The fourth-order valence-corrected chi connectivity index (χ4v) is 5.16. The number of fused-ring (bicyclic) bond motifs is 3. The zero-order valence-corrected chi connectivity index (χ0v) is 12.9. The summed E-state index contributed by atoms with van der Waals surface area (Å²) in [5, 5.41) is 0. The van der Waals surface area contributed by atoms with Gasteiger partial charge in [0.1, 0.15) is 0 Å². The van der Waals surface area contributed by atoms with Crippen LogP contribution in [0.1, 0.15) is 57.2 Å². The van der Waals surface area contributed by atoms with Crippen molar-refractivity contribution in [3.63, 3.8) is 0 Å². The molecule has 2 atom stereocenters. The van der Waals surface area contributed by atoms with Crippen molar-refractivity contribution >= 4 is 5.91 Å². The predicted octanol–water partition coefficient (Wildman–Crippen LogP) is 2.66. The van der Waals surface area contributed by atoms with E-state index in [1.54, 1.807) is 0 Å². The van der Waals surface area contributed by atoms with Gasteiger partial charge in [0.15, 0.2) is 0 Å². The van der Waals surface area contributed by atoms with Gasteiger partial charge in [0.05, 0.1) is 4.11 Å². The van der Waals surface area contributed by atoms with Gasteiger partial charge in [-0.05, 0) is 68.3 Å². The van der Waals surface area contributed by atoms with Crippen LogP contribution < -0.4 is 0 Å². The van der Waals surface area contributed by atoms with E-state index < -0.39 is 0 Å². The van der Waals surface area contributed by atoms with E-state index in [9.17, 15) is 4.79 Å². The van der Waals surface area contributed by atoms with Crippen LogP contribution in [0.4, 0.5) is 0 Å². The smallest absolute Gasteiger partial charge is 0.254 e. The summed E-state index contributed by atoms with van der Waals surface area (Å²) in [7, 11) is 0. The number of carbonyl (C=O) groups excluding carboxylic acids is 1. The number of amides is 1. The third-order valence-electron chi connectivity index (χ3n) is 6.30. The first-order valence-corrected chi connectivity index (χ1v) is 8.72. The van der Waals surface area contributed by atoms with Gasteiger partial charge in [0, 0.05) is 30.6 Å². The molecule has 6 rings (SSSR count). The lowest BCUT2D eigenvalue weighted by molar-refractivity contribution is 0.00258. The number of carbonyl (C=O) groups is 1. The molecule has 3 fully saturated rings. The maximum Gasteiger partial charge on any atom is 0.254 e. The average molecular weight is 299 g/mol. The molecule has 4 heterocycles. The lowest BCUT2D eigenvalue weighted by atomic mass is 9.75. The first-order valence-electron chi connectivity index (χ1n) is 10.2. The zero-order valence-electron chi connectivity index (χ0n) is 15.9. The highest BCUT2D eigenvalue weighted by molar-refractivity contribution is 5.97. The van der Waals surface area contributed by atoms with Crippen molar-refractivity contribution in [1.29, 1.82) is 0 Å². The molecule has 1 aliphatic carbocycles. The second-order valence-corrected chi connectivity index (χ2v) is 7.39.